The molecule has 0 aliphatic heterocycles. The second-order valence-electron chi connectivity index (χ2n) is 16.6. The van der Waals surface area contributed by atoms with Crippen molar-refractivity contribution < 1.29 is 13.7 Å². The largest absolute Gasteiger partial charge is 0.339 e. The minimum Gasteiger partial charge on any atom is -0.339 e. The van der Waals surface area contributed by atoms with Gasteiger partial charge < -0.3 is 9.42 Å². The zero-order valence-corrected chi connectivity index (χ0v) is 26.9. The predicted octanol–water partition coefficient (Wildman–Crippen LogP) is 7.58. The van der Waals surface area contributed by atoms with Crippen molar-refractivity contribution in [2.24, 2.45) is 17.9 Å². The molecule has 9 rings (SSSR count). The molecule has 0 atom stereocenters. The summed E-state index contributed by atoms with van der Waals surface area (Å²) < 4.78 is 22.3. The van der Waals surface area contributed by atoms with Gasteiger partial charge in [-0.05, 0) is 81.4 Å². The van der Waals surface area contributed by atoms with E-state index >= 15 is 0 Å². The monoisotopic (exact) mass is 587 g/mol. The van der Waals surface area contributed by atoms with Gasteiger partial charge in [-0.1, -0.05) is 58.8 Å². The highest BCUT2D eigenvalue weighted by Gasteiger charge is 2.73. The molecule has 0 saturated heterocycles. The highest BCUT2D eigenvalue weighted by atomic mass is 19.1. The van der Waals surface area contributed by atoms with Crippen LogP contribution in [0.3, 0.4) is 0 Å². The molecule has 0 spiro atoms. The fourth-order valence-corrected chi connectivity index (χ4v) is 8.52. The van der Waals surface area contributed by atoms with E-state index in [1.807, 2.05) is 28.8 Å². The molecule has 7 nitrogen and oxygen atoms in total. The molecular weight excluding hydrogens is 541 g/mol. The van der Waals surface area contributed by atoms with Crippen molar-refractivity contribution in [3.8, 4) is 11.3 Å². The van der Waals surface area contributed by atoms with Crippen molar-refractivity contribution in [1.29, 1.82) is 0 Å². The van der Waals surface area contributed by atoms with Crippen LogP contribution in [-0.2, 0) is 28.1 Å². The van der Waals surface area contributed by atoms with Crippen LogP contribution in [0, 0.1) is 10.8 Å². The minimum atomic E-state index is -1.12. The van der Waals surface area contributed by atoms with E-state index in [4.69, 9.17) is 14.6 Å². The van der Waals surface area contributed by atoms with Gasteiger partial charge in [0, 0.05) is 46.8 Å². The van der Waals surface area contributed by atoms with Crippen LogP contribution in [0.4, 0.5) is 10.1 Å². The van der Waals surface area contributed by atoms with E-state index < -0.39 is 11.1 Å². The van der Waals surface area contributed by atoms with Crippen LogP contribution < -0.4 is 4.90 Å². The van der Waals surface area contributed by atoms with Crippen molar-refractivity contribution in [2.75, 3.05) is 11.4 Å². The van der Waals surface area contributed by atoms with Gasteiger partial charge in [0.05, 0.1) is 11.1 Å². The Hall–Kier alpha value is -3.03. The summed E-state index contributed by atoms with van der Waals surface area (Å²) in [5.41, 5.74) is 2.09. The number of aryl methyl sites for hydroxylation is 1. The zero-order chi connectivity index (χ0) is 30.6. The number of alkyl halides is 1. The number of amides is 1. The lowest BCUT2D eigenvalue weighted by molar-refractivity contribution is -0.211. The number of anilines is 1. The number of fused-ring (bicyclic) bond motifs is 3. The van der Waals surface area contributed by atoms with Crippen LogP contribution in [0.15, 0.2) is 34.9 Å². The molecule has 230 valence electrons. The first-order chi connectivity index (χ1) is 20.0. The lowest BCUT2D eigenvalue weighted by Crippen LogP contribution is -2.71. The van der Waals surface area contributed by atoms with Gasteiger partial charge in [0.15, 0.2) is 5.82 Å². The third-order valence-electron chi connectivity index (χ3n) is 11.2. The van der Waals surface area contributed by atoms with E-state index in [0.717, 1.165) is 67.0 Å². The van der Waals surface area contributed by atoms with E-state index in [9.17, 15) is 9.18 Å². The number of benzene rings is 1. The third-order valence-corrected chi connectivity index (χ3v) is 11.2. The Morgan fingerprint density at radius 3 is 2.16 bits per heavy atom. The lowest BCUT2D eigenvalue weighted by atomic mass is 9.41. The summed E-state index contributed by atoms with van der Waals surface area (Å²) in [6.45, 7) is 13.5. The first-order valence-corrected chi connectivity index (χ1v) is 16.1. The van der Waals surface area contributed by atoms with Crippen LogP contribution in [0.5, 0.6) is 0 Å². The summed E-state index contributed by atoms with van der Waals surface area (Å²) in [7, 11) is 1.99. The minimum absolute atomic E-state index is 0.0295. The number of rotatable bonds is 6. The molecule has 1 aromatic carbocycles. The van der Waals surface area contributed by atoms with Crippen molar-refractivity contribution in [3.05, 3.63) is 47.7 Å². The van der Waals surface area contributed by atoms with Crippen LogP contribution in [0.2, 0.25) is 0 Å². The van der Waals surface area contributed by atoms with Gasteiger partial charge in [0.2, 0.25) is 11.8 Å². The van der Waals surface area contributed by atoms with Crippen LogP contribution in [0.1, 0.15) is 117 Å². The van der Waals surface area contributed by atoms with E-state index in [1.165, 1.54) is 0 Å². The fraction of sp³-hybridized carbons (Fsp3) is 0.657. The zero-order valence-electron chi connectivity index (χ0n) is 26.9. The predicted molar refractivity (Wildman–Crippen MR) is 165 cm³/mol. The summed E-state index contributed by atoms with van der Waals surface area (Å²) in [4.78, 5) is 21.2. The Balaban J connectivity index is 1.17. The van der Waals surface area contributed by atoms with E-state index in [0.29, 0.717) is 31.7 Å². The number of nitrogens with zero attached hydrogens (tertiary/aromatic N) is 5. The summed E-state index contributed by atoms with van der Waals surface area (Å²) >= 11 is 0. The summed E-state index contributed by atoms with van der Waals surface area (Å²) in [6.07, 6.45) is 7.17. The van der Waals surface area contributed by atoms with Crippen molar-refractivity contribution in [2.45, 2.75) is 121 Å². The Morgan fingerprint density at radius 1 is 0.977 bits per heavy atom. The molecule has 8 heteroatoms. The average Bonchev–Trinajstić information content (AvgIpc) is 3.58. The first-order valence-electron chi connectivity index (χ1n) is 16.1. The number of hydrogen-bond acceptors (Lipinski definition) is 5. The van der Waals surface area contributed by atoms with Crippen LogP contribution >= 0.6 is 0 Å². The molecule has 6 aliphatic rings. The van der Waals surface area contributed by atoms with E-state index in [1.54, 1.807) is 0 Å². The smallest absolute Gasteiger partial charge is 0.233 e. The van der Waals surface area contributed by atoms with Gasteiger partial charge in [-0.3, -0.25) is 9.48 Å². The van der Waals surface area contributed by atoms with Gasteiger partial charge >= 0.3 is 0 Å². The Kier molecular flexibility index (Phi) is 6.02. The quantitative estimate of drug-likeness (QED) is 0.297. The molecule has 0 unspecified atom stereocenters. The molecule has 6 aliphatic carbocycles. The van der Waals surface area contributed by atoms with Gasteiger partial charge in [-0.25, -0.2) is 4.39 Å². The maximum Gasteiger partial charge on any atom is 0.233 e. The highest BCUT2D eigenvalue weighted by Crippen LogP contribution is 2.70. The van der Waals surface area contributed by atoms with Crippen LogP contribution in [-0.4, -0.2) is 38.0 Å². The number of carbonyl (C=O) groups is 1. The van der Waals surface area contributed by atoms with Gasteiger partial charge in [0.1, 0.15) is 5.67 Å². The molecule has 2 aromatic heterocycles. The van der Waals surface area contributed by atoms with Crippen molar-refractivity contribution >= 4 is 11.6 Å². The Morgan fingerprint density at radius 2 is 1.63 bits per heavy atom. The van der Waals surface area contributed by atoms with E-state index in [-0.39, 0.29) is 27.6 Å². The maximum absolute atomic E-state index is 14.6. The maximum atomic E-state index is 14.6. The second kappa shape index (κ2) is 9.01. The Labute approximate surface area is 254 Å². The molecule has 1 amide bonds. The second-order valence-corrected chi connectivity index (χ2v) is 16.6. The molecule has 0 radical (unpaired) electrons. The number of aromatic nitrogens is 4. The SMILES string of the molecule is Cn1nc(-c2cccc(N(CC34CCC(c5noc(C(C)(C)C)n5)(CC3)CC4)C(=O)C34CC(F)(C3)C4)c2)cc1C(C)(C)C. The summed E-state index contributed by atoms with van der Waals surface area (Å²) in [6, 6.07) is 10.4. The molecule has 6 fully saturated rings. The normalized spacial score (nSPS) is 31.4. The molecule has 4 bridgehead atoms. The topological polar surface area (TPSA) is 77.1 Å². The molecule has 2 heterocycles. The van der Waals surface area contributed by atoms with E-state index in [2.05, 4.69) is 64.9 Å². The molecule has 0 N–H and O–H groups in total. The number of halogens is 1. The standard InChI is InChI=1S/C35H46FN5O2/c1-30(2,3)26-18-25(38-40(26)7)23-9-8-10-24(17-23)41(29(42)34-19-35(36,20-34)21-34)22-32-11-14-33(15-12-32,16-13-32)27-37-28(43-39-27)31(4,5)6/h8-10,17-18H,11-16,19-22H2,1-7H3. The fourth-order valence-electron chi connectivity index (χ4n) is 8.52. The number of carbonyl (C=O) groups excluding carboxylic acids is 1. The molecule has 3 aromatic rings. The first kappa shape index (κ1) is 28.7. The van der Waals surface area contributed by atoms with Crippen molar-refractivity contribution in [1.82, 2.24) is 19.9 Å². The summed E-state index contributed by atoms with van der Waals surface area (Å²) in [5, 5.41) is 9.30. The number of hydrogen-bond donors (Lipinski definition) is 0. The van der Waals surface area contributed by atoms with Crippen molar-refractivity contribution in [3.63, 3.8) is 0 Å². The van der Waals surface area contributed by atoms with Gasteiger partial charge in [-0.15, -0.1) is 0 Å². The molecule has 43 heavy (non-hydrogen) atoms. The molecular formula is C35H46FN5O2. The third kappa shape index (κ3) is 4.57. The van der Waals surface area contributed by atoms with Gasteiger partial charge in [-0.2, -0.15) is 10.1 Å². The lowest BCUT2D eigenvalue weighted by Gasteiger charge is -2.65. The van der Waals surface area contributed by atoms with Crippen LogP contribution in [0.25, 0.3) is 11.3 Å². The summed E-state index contributed by atoms with van der Waals surface area (Å²) in [5.74, 6) is 1.66. The highest BCUT2D eigenvalue weighted by molar-refractivity contribution is 6.00. The average molecular weight is 588 g/mol. The van der Waals surface area contributed by atoms with Gasteiger partial charge in [0.25, 0.3) is 0 Å². The Bertz CT molecular complexity index is 1540. The molecule has 6 saturated carbocycles.